The molecule has 18 heavy (non-hydrogen) atoms. The molecule has 1 aliphatic rings. The number of benzene rings is 1. The van der Waals surface area contributed by atoms with Gasteiger partial charge in [0.1, 0.15) is 5.84 Å². The fraction of sp³-hybridized carbons (Fsp3) is 0.154. The normalized spacial score (nSPS) is 15.4. The average molecular weight is 303 g/mol. The van der Waals surface area contributed by atoms with Crippen LogP contribution in [-0.2, 0) is 0 Å². The van der Waals surface area contributed by atoms with Crippen molar-refractivity contribution in [1.82, 2.24) is 4.98 Å². The quantitative estimate of drug-likeness (QED) is 0.880. The zero-order valence-electron chi connectivity index (χ0n) is 9.60. The smallest absolute Gasteiger partial charge is 0.122 e. The fourth-order valence-corrected chi connectivity index (χ4v) is 2.48. The Morgan fingerprint density at radius 2 is 2.00 bits per heavy atom. The molecular weight excluding hydrogens is 292 g/mol. The lowest BCUT2D eigenvalue weighted by molar-refractivity contribution is 1.02. The molecule has 0 aliphatic carbocycles. The van der Waals surface area contributed by atoms with Crippen LogP contribution in [0.4, 0.5) is 0 Å². The van der Waals surface area contributed by atoms with Gasteiger partial charge in [0.15, 0.2) is 0 Å². The monoisotopic (exact) mass is 302 g/mol. The Morgan fingerprint density at radius 1 is 1.11 bits per heavy atom. The molecule has 1 aromatic heterocycles. The van der Waals surface area contributed by atoms with Crippen molar-refractivity contribution < 1.29 is 0 Å². The van der Waals surface area contributed by atoms with E-state index in [2.05, 4.69) is 31.1 Å². The van der Waals surface area contributed by atoms with E-state index >= 15 is 0 Å². The number of halogens is 1. The number of rotatable bonds is 1. The van der Waals surface area contributed by atoms with Gasteiger partial charge in [-0.05, 0) is 24.6 Å². The van der Waals surface area contributed by atoms with Gasteiger partial charge in [-0.3, -0.25) is 4.98 Å². The summed E-state index contributed by atoms with van der Waals surface area (Å²) in [6.45, 7) is 0. The first-order valence-electron chi connectivity index (χ1n) is 5.68. The van der Waals surface area contributed by atoms with Crippen molar-refractivity contribution >= 4 is 38.4 Å². The molecule has 5 heteroatoms. The molecule has 0 amide bonds. The largest absolute Gasteiger partial charge is 0.386 e. The Hall–Kier alpha value is -1.75. The Balaban J connectivity index is 2.22. The first kappa shape index (κ1) is 11.3. The Labute approximate surface area is 113 Å². The molecule has 0 unspecified atom stereocenters. The molecule has 0 saturated carbocycles. The minimum absolute atomic E-state index is 0.591. The van der Waals surface area contributed by atoms with Gasteiger partial charge < -0.3 is 5.73 Å². The molecule has 2 N–H and O–H groups in total. The maximum Gasteiger partial charge on any atom is 0.122 e. The number of nitrogens with zero attached hydrogens (tertiary/aromatic N) is 3. The highest BCUT2D eigenvalue weighted by atomic mass is 79.9. The van der Waals surface area contributed by atoms with Crippen LogP contribution in [0.25, 0.3) is 10.9 Å². The van der Waals surface area contributed by atoms with E-state index in [1.54, 1.807) is 6.20 Å². The van der Waals surface area contributed by atoms with Crippen LogP contribution in [0.3, 0.4) is 0 Å². The van der Waals surface area contributed by atoms with Crippen molar-refractivity contribution in [2.24, 2.45) is 15.9 Å². The molecule has 4 nitrogen and oxygen atoms in total. The topological polar surface area (TPSA) is 63.6 Å². The lowest BCUT2D eigenvalue weighted by Gasteiger charge is -2.12. The van der Waals surface area contributed by atoms with Crippen LogP contribution in [0.1, 0.15) is 18.4 Å². The molecule has 2 heterocycles. The van der Waals surface area contributed by atoms with E-state index < -0.39 is 0 Å². The summed E-state index contributed by atoms with van der Waals surface area (Å²) in [7, 11) is 0. The van der Waals surface area contributed by atoms with Crippen molar-refractivity contribution in [2.45, 2.75) is 12.8 Å². The van der Waals surface area contributed by atoms with Crippen LogP contribution in [0, 0.1) is 0 Å². The third-order valence-electron chi connectivity index (χ3n) is 2.94. The summed E-state index contributed by atoms with van der Waals surface area (Å²) in [6, 6.07) is 8.01. The molecule has 0 atom stereocenters. The SMILES string of the molecule is NC1=NN=C(c2ccc(Br)c3cccnc23)CC1. The lowest BCUT2D eigenvalue weighted by atomic mass is 10.0. The van der Waals surface area contributed by atoms with E-state index in [0.717, 1.165) is 39.5 Å². The van der Waals surface area contributed by atoms with Gasteiger partial charge in [-0.15, -0.1) is 5.10 Å². The van der Waals surface area contributed by atoms with Crippen LogP contribution in [-0.4, -0.2) is 16.5 Å². The van der Waals surface area contributed by atoms with Gasteiger partial charge in [0.05, 0.1) is 11.2 Å². The summed E-state index contributed by atoms with van der Waals surface area (Å²) < 4.78 is 1.04. The fourth-order valence-electron chi connectivity index (χ4n) is 2.03. The number of fused-ring (bicyclic) bond motifs is 1. The standard InChI is InChI=1S/C13H11BrN4/c14-10-4-3-9(11-5-6-12(15)18-17-11)13-8(10)2-1-7-16-13/h1-4,7H,5-6H2,(H2,15,18). The second-order valence-electron chi connectivity index (χ2n) is 4.13. The highest BCUT2D eigenvalue weighted by molar-refractivity contribution is 9.10. The third-order valence-corrected chi connectivity index (χ3v) is 3.64. The summed E-state index contributed by atoms with van der Waals surface area (Å²) in [4.78, 5) is 4.45. The van der Waals surface area contributed by atoms with Crippen molar-refractivity contribution in [2.75, 3.05) is 0 Å². The first-order valence-corrected chi connectivity index (χ1v) is 6.47. The maximum atomic E-state index is 5.63. The van der Waals surface area contributed by atoms with E-state index in [9.17, 15) is 0 Å². The summed E-state index contributed by atoms with van der Waals surface area (Å²) in [5.74, 6) is 0.591. The van der Waals surface area contributed by atoms with Crippen LogP contribution in [0.2, 0.25) is 0 Å². The van der Waals surface area contributed by atoms with Gasteiger partial charge >= 0.3 is 0 Å². The van der Waals surface area contributed by atoms with E-state index in [1.807, 2.05) is 24.3 Å². The van der Waals surface area contributed by atoms with Crippen molar-refractivity contribution in [3.63, 3.8) is 0 Å². The molecule has 0 fully saturated rings. The van der Waals surface area contributed by atoms with Crippen LogP contribution in [0.5, 0.6) is 0 Å². The van der Waals surface area contributed by atoms with Crippen LogP contribution < -0.4 is 5.73 Å². The molecule has 0 saturated heterocycles. The number of hydrogen-bond acceptors (Lipinski definition) is 4. The maximum absolute atomic E-state index is 5.63. The number of amidine groups is 1. The van der Waals surface area contributed by atoms with E-state index in [4.69, 9.17) is 5.73 Å². The summed E-state index contributed by atoms with van der Waals surface area (Å²) in [5.41, 5.74) is 8.55. The first-order chi connectivity index (χ1) is 8.75. The third kappa shape index (κ3) is 1.90. The number of nitrogens with two attached hydrogens (primary N) is 1. The van der Waals surface area contributed by atoms with Crippen LogP contribution in [0.15, 0.2) is 45.1 Å². The second kappa shape index (κ2) is 4.49. The molecule has 0 spiro atoms. The zero-order chi connectivity index (χ0) is 12.5. The van der Waals surface area contributed by atoms with E-state index in [0.29, 0.717) is 5.84 Å². The number of hydrogen-bond donors (Lipinski definition) is 1. The highest BCUT2D eigenvalue weighted by Crippen LogP contribution is 2.27. The predicted molar refractivity (Wildman–Crippen MR) is 76.8 cm³/mol. The van der Waals surface area contributed by atoms with Crippen LogP contribution >= 0.6 is 15.9 Å². The molecule has 0 radical (unpaired) electrons. The Morgan fingerprint density at radius 3 is 2.78 bits per heavy atom. The molecular formula is C13H11BrN4. The number of pyridine rings is 1. The highest BCUT2D eigenvalue weighted by Gasteiger charge is 2.14. The van der Waals surface area contributed by atoms with Gasteiger partial charge in [-0.1, -0.05) is 22.0 Å². The Kier molecular flexibility index (Phi) is 2.83. The second-order valence-corrected chi connectivity index (χ2v) is 4.99. The van der Waals surface area contributed by atoms with E-state index in [-0.39, 0.29) is 0 Å². The average Bonchev–Trinajstić information content (AvgIpc) is 2.41. The van der Waals surface area contributed by atoms with Crippen molar-refractivity contribution in [3.05, 3.63) is 40.5 Å². The molecule has 90 valence electrons. The summed E-state index contributed by atoms with van der Waals surface area (Å²) in [6.07, 6.45) is 3.35. The predicted octanol–water partition coefficient (Wildman–Crippen LogP) is 2.85. The summed E-state index contributed by atoms with van der Waals surface area (Å²) in [5, 5.41) is 9.23. The lowest BCUT2D eigenvalue weighted by Crippen LogP contribution is -2.18. The molecule has 0 bridgehead atoms. The Bertz CT molecular complexity index is 676. The van der Waals surface area contributed by atoms with Gasteiger partial charge in [-0.25, -0.2) is 0 Å². The van der Waals surface area contributed by atoms with Crippen molar-refractivity contribution in [1.29, 1.82) is 0 Å². The number of aromatic nitrogens is 1. The summed E-state index contributed by atoms with van der Waals surface area (Å²) >= 11 is 3.54. The molecule has 3 rings (SSSR count). The van der Waals surface area contributed by atoms with Gasteiger partial charge in [0.25, 0.3) is 0 Å². The minimum atomic E-state index is 0.591. The minimum Gasteiger partial charge on any atom is -0.386 e. The molecule has 1 aromatic carbocycles. The molecule has 1 aliphatic heterocycles. The zero-order valence-corrected chi connectivity index (χ0v) is 11.2. The molecule has 2 aromatic rings. The van der Waals surface area contributed by atoms with Crippen molar-refractivity contribution in [3.8, 4) is 0 Å². The van der Waals surface area contributed by atoms with Gasteiger partial charge in [0, 0.05) is 28.0 Å². The van der Waals surface area contributed by atoms with Gasteiger partial charge in [-0.2, -0.15) is 5.10 Å². The van der Waals surface area contributed by atoms with Gasteiger partial charge in [0.2, 0.25) is 0 Å². The van der Waals surface area contributed by atoms with E-state index in [1.165, 1.54) is 0 Å².